The highest BCUT2D eigenvalue weighted by atomic mass is 35.5. The molecule has 4 heteroatoms. The number of rotatable bonds is 1. The van der Waals surface area contributed by atoms with Crippen molar-refractivity contribution < 1.29 is 9.53 Å². The molecule has 1 aliphatic heterocycles. The number of fused-ring (bicyclic) bond motifs is 1. The number of methoxy groups -OCH3 is 1. The molecule has 0 aromatic heterocycles. The molecule has 1 unspecified atom stereocenters. The summed E-state index contributed by atoms with van der Waals surface area (Å²) in [6.07, 6.45) is 0.725. The van der Waals surface area contributed by atoms with Crippen LogP contribution in [-0.4, -0.2) is 19.1 Å². The first-order chi connectivity index (χ1) is 6.81. The lowest BCUT2D eigenvalue weighted by atomic mass is 9.96. The Morgan fingerprint density at radius 1 is 1.40 bits per heavy atom. The van der Waals surface area contributed by atoms with Gasteiger partial charge < -0.3 is 10.1 Å². The first-order valence-electron chi connectivity index (χ1n) is 4.69. The van der Waals surface area contributed by atoms with E-state index in [1.54, 1.807) is 0 Å². The van der Waals surface area contributed by atoms with Crippen LogP contribution in [0.25, 0.3) is 0 Å². The molecule has 1 atom stereocenters. The van der Waals surface area contributed by atoms with E-state index in [-0.39, 0.29) is 24.4 Å². The predicted molar refractivity (Wildman–Crippen MR) is 60.0 cm³/mol. The summed E-state index contributed by atoms with van der Waals surface area (Å²) >= 11 is 0. The van der Waals surface area contributed by atoms with Crippen molar-refractivity contribution in [3.8, 4) is 0 Å². The Labute approximate surface area is 95.2 Å². The van der Waals surface area contributed by atoms with Gasteiger partial charge in [-0.25, -0.2) is 0 Å². The van der Waals surface area contributed by atoms with E-state index in [0.717, 1.165) is 13.0 Å². The number of nitrogens with one attached hydrogen (secondary N) is 1. The van der Waals surface area contributed by atoms with Crippen molar-refractivity contribution in [1.82, 2.24) is 5.32 Å². The van der Waals surface area contributed by atoms with Gasteiger partial charge in [-0.1, -0.05) is 24.3 Å². The van der Waals surface area contributed by atoms with Crippen molar-refractivity contribution >= 4 is 18.4 Å². The standard InChI is InChI=1S/C11H13NO2.ClH/c1-14-11(13)10-6-8-4-2-3-5-9(8)7-12-10;/h2-5,10,12H,6-7H2,1H3;1H. The van der Waals surface area contributed by atoms with E-state index in [1.165, 1.54) is 18.2 Å². The molecule has 0 aliphatic carbocycles. The van der Waals surface area contributed by atoms with Crippen LogP contribution in [0.5, 0.6) is 0 Å². The summed E-state index contributed by atoms with van der Waals surface area (Å²) in [6, 6.07) is 7.97. The Balaban J connectivity index is 0.00000112. The SMILES string of the molecule is COC(=O)C1Cc2ccccc2CN1.Cl. The third kappa shape index (κ3) is 2.49. The van der Waals surface area contributed by atoms with Crippen LogP contribution < -0.4 is 5.32 Å². The Kier molecular flexibility index (Phi) is 4.12. The molecule has 0 saturated carbocycles. The van der Waals surface area contributed by atoms with Gasteiger partial charge in [0, 0.05) is 6.54 Å². The highest BCUT2D eigenvalue weighted by Gasteiger charge is 2.23. The van der Waals surface area contributed by atoms with Crippen molar-refractivity contribution in [3.63, 3.8) is 0 Å². The molecule has 0 spiro atoms. The highest BCUT2D eigenvalue weighted by Crippen LogP contribution is 2.16. The maximum atomic E-state index is 11.3. The van der Waals surface area contributed by atoms with E-state index in [0.29, 0.717) is 0 Å². The Hall–Kier alpha value is -1.06. The molecule has 15 heavy (non-hydrogen) atoms. The molecule has 0 radical (unpaired) electrons. The molecular formula is C11H14ClNO2. The summed E-state index contributed by atoms with van der Waals surface area (Å²) in [5, 5.41) is 3.15. The minimum atomic E-state index is -0.185. The molecule has 0 bridgehead atoms. The molecule has 82 valence electrons. The molecule has 0 amide bonds. The summed E-state index contributed by atoms with van der Waals surface area (Å²) in [7, 11) is 1.42. The van der Waals surface area contributed by atoms with Crippen molar-refractivity contribution in [2.24, 2.45) is 0 Å². The maximum Gasteiger partial charge on any atom is 0.323 e. The lowest BCUT2D eigenvalue weighted by molar-refractivity contribution is -0.143. The van der Waals surface area contributed by atoms with Crippen molar-refractivity contribution in [2.45, 2.75) is 19.0 Å². The largest absolute Gasteiger partial charge is 0.468 e. The van der Waals surface area contributed by atoms with Crippen molar-refractivity contribution in [3.05, 3.63) is 35.4 Å². The second kappa shape index (κ2) is 5.14. The lowest BCUT2D eigenvalue weighted by Gasteiger charge is -2.23. The number of halogens is 1. The number of esters is 1. The van der Waals surface area contributed by atoms with Crippen LogP contribution in [0.3, 0.4) is 0 Å². The zero-order chi connectivity index (χ0) is 9.97. The van der Waals surface area contributed by atoms with Gasteiger partial charge >= 0.3 is 5.97 Å². The minimum Gasteiger partial charge on any atom is -0.468 e. The molecule has 1 aliphatic rings. The third-order valence-corrected chi connectivity index (χ3v) is 2.57. The fourth-order valence-corrected chi connectivity index (χ4v) is 1.76. The van der Waals surface area contributed by atoms with E-state index in [2.05, 4.69) is 17.4 Å². The van der Waals surface area contributed by atoms with Crippen LogP contribution in [0.4, 0.5) is 0 Å². The quantitative estimate of drug-likeness (QED) is 0.735. The smallest absolute Gasteiger partial charge is 0.323 e. The normalized spacial score (nSPS) is 18.6. The van der Waals surface area contributed by atoms with Crippen molar-refractivity contribution in [1.29, 1.82) is 0 Å². The Bertz CT molecular complexity index is 354. The fourth-order valence-electron chi connectivity index (χ4n) is 1.76. The molecule has 1 N–H and O–H groups in total. The second-order valence-corrected chi connectivity index (χ2v) is 3.43. The molecule has 1 aromatic rings. The monoisotopic (exact) mass is 227 g/mol. The molecule has 3 nitrogen and oxygen atoms in total. The van der Waals surface area contributed by atoms with Crippen LogP contribution in [0.15, 0.2) is 24.3 Å². The zero-order valence-corrected chi connectivity index (χ0v) is 9.34. The number of ether oxygens (including phenoxy) is 1. The van der Waals surface area contributed by atoms with Crippen LogP contribution in [0, 0.1) is 0 Å². The third-order valence-electron chi connectivity index (χ3n) is 2.57. The Morgan fingerprint density at radius 2 is 2.07 bits per heavy atom. The van der Waals surface area contributed by atoms with Crippen LogP contribution in [-0.2, 0) is 22.5 Å². The second-order valence-electron chi connectivity index (χ2n) is 3.43. The molecule has 2 rings (SSSR count). The molecule has 1 aromatic carbocycles. The molecule has 1 heterocycles. The molecule has 0 fully saturated rings. The number of hydrogen-bond acceptors (Lipinski definition) is 3. The summed E-state index contributed by atoms with van der Waals surface area (Å²) in [5.74, 6) is -0.181. The van der Waals surface area contributed by atoms with E-state index >= 15 is 0 Å². The van der Waals surface area contributed by atoms with E-state index in [9.17, 15) is 4.79 Å². The maximum absolute atomic E-state index is 11.3. The highest BCUT2D eigenvalue weighted by molar-refractivity contribution is 5.85. The van der Waals surface area contributed by atoms with Crippen LogP contribution in [0.1, 0.15) is 11.1 Å². The lowest BCUT2D eigenvalue weighted by Crippen LogP contribution is -2.42. The van der Waals surface area contributed by atoms with E-state index in [1.807, 2.05) is 12.1 Å². The predicted octanol–water partition coefficient (Wildman–Crippen LogP) is 1.30. The van der Waals surface area contributed by atoms with Gasteiger partial charge in [-0.3, -0.25) is 4.79 Å². The average Bonchev–Trinajstić information content (AvgIpc) is 2.27. The van der Waals surface area contributed by atoms with Gasteiger partial charge in [0.1, 0.15) is 6.04 Å². The van der Waals surface area contributed by atoms with Crippen molar-refractivity contribution in [2.75, 3.05) is 7.11 Å². The number of carbonyl (C=O) groups excluding carboxylic acids is 1. The van der Waals surface area contributed by atoms with Gasteiger partial charge in [-0.15, -0.1) is 12.4 Å². The summed E-state index contributed by atoms with van der Waals surface area (Å²) in [4.78, 5) is 11.3. The van der Waals surface area contributed by atoms with Gasteiger partial charge in [0.2, 0.25) is 0 Å². The summed E-state index contributed by atoms with van der Waals surface area (Å²) in [5.41, 5.74) is 2.51. The van der Waals surface area contributed by atoms with E-state index < -0.39 is 0 Å². The average molecular weight is 228 g/mol. The summed E-state index contributed by atoms with van der Waals surface area (Å²) in [6.45, 7) is 0.746. The first-order valence-corrected chi connectivity index (χ1v) is 4.69. The van der Waals surface area contributed by atoms with Crippen LogP contribution in [0.2, 0.25) is 0 Å². The van der Waals surface area contributed by atoms with Gasteiger partial charge in [0.25, 0.3) is 0 Å². The minimum absolute atomic E-state index is 0. The van der Waals surface area contributed by atoms with Gasteiger partial charge in [0.05, 0.1) is 7.11 Å². The van der Waals surface area contributed by atoms with Gasteiger partial charge in [-0.2, -0.15) is 0 Å². The van der Waals surface area contributed by atoms with E-state index in [4.69, 9.17) is 4.74 Å². The first kappa shape index (κ1) is 12.0. The van der Waals surface area contributed by atoms with Gasteiger partial charge in [-0.05, 0) is 17.5 Å². The number of hydrogen-bond donors (Lipinski definition) is 1. The van der Waals surface area contributed by atoms with Gasteiger partial charge in [0.15, 0.2) is 0 Å². The number of benzene rings is 1. The molecular weight excluding hydrogens is 214 g/mol. The van der Waals surface area contributed by atoms with Crippen LogP contribution >= 0.6 is 12.4 Å². The Morgan fingerprint density at radius 3 is 2.73 bits per heavy atom. The zero-order valence-electron chi connectivity index (χ0n) is 8.53. The fraction of sp³-hybridized carbons (Fsp3) is 0.364. The molecule has 0 saturated heterocycles. The number of carbonyl (C=O) groups is 1. The summed E-state index contributed by atoms with van der Waals surface area (Å²) < 4.78 is 4.70. The topological polar surface area (TPSA) is 38.3 Å².